The van der Waals surface area contributed by atoms with Crippen LogP contribution in [-0.2, 0) is 0 Å². The lowest BCUT2D eigenvalue weighted by molar-refractivity contribution is 0.151. The van der Waals surface area contributed by atoms with Gasteiger partial charge >= 0.3 is 0 Å². The smallest absolute Gasteiger partial charge is 0.131 e. The monoisotopic (exact) mass is 115 g/mol. The zero-order valence-electron chi connectivity index (χ0n) is 4.41. The van der Waals surface area contributed by atoms with Gasteiger partial charge in [0.1, 0.15) is 6.10 Å². The summed E-state index contributed by atoms with van der Waals surface area (Å²) < 4.78 is 0. The molecule has 0 aliphatic rings. The van der Waals surface area contributed by atoms with Crippen LogP contribution in [0.1, 0.15) is 0 Å². The first-order valence-electron chi connectivity index (χ1n) is 2.23. The summed E-state index contributed by atoms with van der Waals surface area (Å²) in [6.45, 7) is -0.286. The lowest BCUT2D eigenvalue weighted by Crippen LogP contribution is -2.36. The van der Waals surface area contributed by atoms with Gasteiger partial charge in [0.25, 0.3) is 0 Å². The Morgan fingerprint density at radius 2 is 2.25 bits per heavy atom. The van der Waals surface area contributed by atoms with Gasteiger partial charge in [-0.3, -0.25) is 0 Å². The molecule has 0 fully saturated rings. The number of hydrogen-bond donors (Lipinski definition) is 3. The molecule has 2 atom stereocenters. The van der Waals surface area contributed by atoms with Crippen molar-refractivity contribution in [2.24, 2.45) is 5.73 Å². The molecule has 46 valence electrons. The molecule has 0 aliphatic carbocycles. The predicted molar refractivity (Wildman–Crippen MR) is 29.9 cm³/mol. The van der Waals surface area contributed by atoms with E-state index in [9.17, 15) is 0 Å². The van der Waals surface area contributed by atoms with Crippen molar-refractivity contribution >= 4 is 0 Å². The molecule has 0 aliphatic heterocycles. The van der Waals surface area contributed by atoms with E-state index in [2.05, 4.69) is 0 Å². The first kappa shape index (κ1) is 7.44. The second-order valence-corrected chi connectivity index (χ2v) is 1.46. The topological polar surface area (TPSA) is 66.5 Å². The third-order valence-electron chi connectivity index (χ3n) is 0.787. The van der Waals surface area contributed by atoms with E-state index in [-0.39, 0.29) is 6.61 Å². The third kappa shape index (κ3) is 1.94. The number of nitrogens with two attached hydrogens (primary N) is 1. The molecule has 0 saturated carbocycles. The molecule has 8 heavy (non-hydrogen) atoms. The molecular weight excluding hydrogens is 106 g/mol. The molecule has 0 spiro atoms. The van der Waals surface area contributed by atoms with E-state index in [4.69, 9.17) is 22.4 Å². The van der Waals surface area contributed by atoms with Gasteiger partial charge in [0.2, 0.25) is 0 Å². The van der Waals surface area contributed by atoms with Crippen LogP contribution in [0.25, 0.3) is 0 Å². The van der Waals surface area contributed by atoms with Crippen LogP contribution in [0.15, 0.2) is 0 Å². The Morgan fingerprint density at radius 3 is 2.38 bits per heavy atom. The lowest BCUT2D eigenvalue weighted by Gasteiger charge is -2.08. The number of rotatable bonds is 2. The molecule has 0 saturated heterocycles. The molecule has 0 radical (unpaired) electrons. The fourth-order valence-corrected chi connectivity index (χ4v) is 0.223. The fourth-order valence-electron chi connectivity index (χ4n) is 0.223. The minimum Gasteiger partial charge on any atom is -0.395 e. The number of aliphatic hydroxyl groups excluding tert-OH is 2. The average molecular weight is 115 g/mol. The van der Waals surface area contributed by atoms with Crippen molar-refractivity contribution in [3.8, 4) is 12.3 Å². The molecule has 4 N–H and O–H groups in total. The zero-order valence-corrected chi connectivity index (χ0v) is 4.41. The van der Waals surface area contributed by atoms with E-state index in [1.165, 1.54) is 0 Å². The van der Waals surface area contributed by atoms with Crippen LogP contribution >= 0.6 is 0 Å². The minimum atomic E-state index is -1.03. The molecule has 0 rings (SSSR count). The van der Waals surface area contributed by atoms with Gasteiger partial charge in [0, 0.05) is 0 Å². The average Bonchev–Trinajstić information content (AvgIpc) is 1.84. The maximum absolute atomic E-state index is 8.61. The van der Waals surface area contributed by atoms with Crippen LogP contribution in [0.2, 0.25) is 0 Å². The van der Waals surface area contributed by atoms with Gasteiger partial charge in [-0.1, -0.05) is 5.92 Å². The fraction of sp³-hybridized carbons (Fsp3) is 0.600. The second-order valence-electron chi connectivity index (χ2n) is 1.46. The molecule has 0 amide bonds. The molecule has 0 aromatic carbocycles. The van der Waals surface area contributed by atoms with E-state index < -0.39 is 12.1 Å². The van der Waals surface area contributed by atoms with Crippen molar-refractivity contribution in [1.82, 2.24) is 0 Å². The Labute approximate surface area is 48.1 Å². The summed E-state index contributed by atoms with van der Waals surface area (Å²) >= 11 is 0. The van der Waals surface area contributed by atoms with Gasteiger partial charge in [-0.05, 0) is 0 Å². The van der Waals surface area contributed by atoms with Crippen molar-refractivity contribution in [3.63, 3.8) is 0 Å². The van der Waals surface area contributed by atoms with Crippen LogP contribution in [0.5, 0.6) is 0 Å². The Bertz CT molecular complexity index is 97.1. The van der Waals surface area contributed by atoms with Crippen LogP contribution in [-0.4, -0.2) is 29.0 Å². The van der Waals surface area contributed by atoms with Crippen molar-refractivity contribution in [3.05, 3.63) is 0 Å². The zero-order chi connectivity index (χ0) is 6.57. The van der Waals surface area contributed by atoms with Gasteiger partial charge in [-0.25, -0.2) is 0 Å². The highest BCUT2D eigenvalue weighted by Crippen LogP contribution is 1.83. The summed E-state index contributed by atoms with van der Waals surface area (Å²) in [7, 11) is 0. The van der Waals surface area contributed by atoms with Crippen molar-refractivity contribution in [1.29, 1.82) is 0 Å². The van der Waals surface area contributed by atoms with Gasteiger partial charge in [0.15, 0.2) is 0 Å². The van der Waals surface area contributed by atoms with E-state index in [0.717, 1.165) is 0 Å². The van der Waals surface area contributed by atoms with Crippen molar-refractivity contribution in [2.45, 2.75) is 12.1 Å². The highest BCUT2D eigenvalue weighted by atomic mass is 16.3. The van der Waals surface area contributed by atoms with Gasteiger partial charge in [-0.2, -0.15) is 0 Å². The number of hydrogen-bond acceptors (Lipinski definition) is 3. The summed E-state index contributed by atoms with van der Waals surface area (Å²) in [5.74, 6) is 1.99. The molecule has 3 heteroatoms. The normalized spacial score (nSPS) is 16.8. The summed E-state index contributed by atoms with van der Waals surface area (Å²) in [6.07, 6.45) is 3.73. The van der Waals surface area contributed by atoms with E-state index >= 15 is 0 Å². The SMILES string of the molecule is C#CC(O)[C@H](N)CO. The molecule has 0 bridgehead atoms. The largest absolute Gasteiger partial charge is 0.395 e. The number of aliphatic hydroxyl groups is 2. The van der Waals surface area contributed by atoms with Gasteiger partial charge in [0.05, 0.1) is 12.6 Å². The minimum absolute atomic E-state index is 0.286. The van der Waals surface area contributed by atoms with E-state index in [0.29, 0.717) is 0 Å². The van der Waals surface area contributed by atoms with Crippen molar-refractivity contribution < 1.29 is 10.2 Å². The standard InChI is InChI=1S/C5H9NO2/c1-2-5(8)4(6)3-7/h1,4-5,7-8H,3,6H2/t4-,5?/m1/s1. The van der Waals surface area contributed by atoms with E-state index in [1.807, 2.05) is 5.92 Å². The summed E-state index contributed by atoms with van der Waals surface area (Å²) in [4.78, 5) is 0. The molecule has 0 aromatic heterocycles. The van der Waals surface area contributed by atoms with Crippen molar-refractivity contribution in [2.75, 3.05) is 6.61 Å². The van der Waals surface area contributed by atoms with Gasteiger partial charge in [-0.15, -0.1) is 6.42 Å². The molecule has 1 unspecified atom stereocenters. The Kier molecular flexibility index (Phi) is 3.20. The van der Waals surface area contributed by atoms with Gasteiger partial charge < -0.3 is 15.9 Å². The summed E-state index contributed by atoms with van der Waals surface area (Å²) in [5.41, 5.74) is 5.08. The Hall–Kier alpha value is -0.560. The number of terminal acetylenes is 1. The molecule has 3 nitrogen and oxygen atoms in total. The Morgan fingerprint density at radius 1 is 1.75 bits per heavy atom. The van der Waals surface area contributed by atoms with Crippen LogP contribution in [0.4, 0.5) is 0 Å². The highest BCUT2D eigenvalue weighted by Gasteiger charge is 2.08. The second kappa shape index (κ2) is 3.44. The van der Waals surface area contributed by atoms with Crippen LogP contribution < -0.4 is 5.73 Å². The van der Waals surface area contributed by atoms with Crippen LogP contribution in [0, 0.1) is 12.3 Å². The molecule has 0 heterocycles. The lowest BCUT2D eigenvalue weighted by atomic mass is 10.2. The quantitative estimate of drug-likeness (QED) is 0.376. The first-order valence-corrected chi connectivity index (χ1v) is 2.23. The van der Waals surface area contributed by atoms with E-state index in [1.54, 1.807) is 0 Å². The first-order chi connectivity index (χ1) is 3.72. The predicted octanol–water partition coefficient (Wildman–Crippen LogP) is -1.70. The Balaban J connectivity index is 3.49. The maximum atomic E-state index is 8.61. The summed E-state index contributed by atoms with van der Waals surface area (Å²) in [5, 5.41) is 16.9. The molecular formula is C5H9NO2. The maximum Gasteiger partial charge on any atom is 0.131 e. The summed E-state index contributed by atoms with van der Waals surface area (Å²) in [6, 6.07) is -0.708. The van der Waals surface area contributed by atoms with Crippen LogP contribution in [0.3, 0.4) is 0 Å². The molecule has 0 aromatic rings. The third-order valence-corrected chi connectivity index (χ3v) is 0.787. The highest BCUT2D eigenvalue weighted by molar-refractivity contribution is 4.98.